The van der Waals surface area contributed by atoms with Gasteiger partial charge in [0.25, 0.3) is 0 Å². The molecule has 152 valence electrons. The lowest BCUT2D eigenvalue weighted by molar-refractivity contribution is 0.0971. The van der Waals surface area contributed by atoms with Gasteiger partial charge in [0.05, 0.1) is 0 Å². The molecule has 0 aliphatic carbocycles. The van der Waals surface area contributed by atoms with Crippen LogP contribution in [-0.4, -0.2) is 50.3 Å². The minimum absolute atomic E-state index is 0.328. The van der Waals surface area contributed by atoms with E-state index in [0.717, 1.165) is 0 Å². The summed E-state index contributed by atoms with van der Waals surface area (Å²) in [7, 11) is 4.45. The van der Waals surface area contributed by atoms with Gasteiger partial charge in [-0.15, -0.1) is 0 Å². The molecule has 0 spiro atoms. The molecule has 0 rings (SSSR count). The summed E-state index contributed by atoms with van der Waals surface area (Å²) in [6.07, 6.45) is 0.228. The summed E-state index contributed by atoms with van der Waals surface area (Å²) < 4.78 is 17.2. The van der Waals surface area contributed by atoms with Crippen LogP contribution >= 0.6 is 40.7 Å². The number of amides is 1. The minimum atomic E-state index is -2.51. The van der Waals surface area contributed by atoms with E-state index in [1.54, 1.807) is 50.7 Å². The van der Waals surface area contributed by atoms with Crippen LogP contribution in [0.2, 0.25) is 0 Å². The molecule has 6 nitrogen and oxygen atoms in total. The zero-order valence-corrected chi connectivity index (χ0v) is 20.5. The maximum absolute atomic E-state index is 9.90. The van der Waals surface area contributed by atoms with Gasteiger partial charge in [0.15, 0.2) is 0 Å². The number of carbonyl (C=O) groups is 1. The summed E-state index contributed by atoms with van der Waals surface area (Å²) >= 11 is 0. The highest BCUT2D eigenvalue weighted by Crippen LogP contribution is 2.48. The normalized spacial score (nSPS) is 11.6. The molecule has 25 heavy (non-hydrogen) atoms. The Hall–Kier alpha value is 0.767. The van der Waals surface area contributed by atoms with Gasteiger partial charge in [-0.2, -0.15) is 0 Å². The first kappa shape index (κ1) is 28.0. The predicted octanol–water partition coefficient (Wildman–Crippen LogP) is 5.67. The fourth-order valence-electron chi connectivity index (χ4n) is 1.24. The molecule has 0 bridgehead atoms. The molecule has 1 amide bonds. The Kier molecular flexibility index (Phi) is 18.9. The molecular weight excluding hydrogens is 419 g/mol. The fourth-order valence-corrected chi connectivity index (χ4v) is 15.3. The summed E-state index contributed by atoms with van der Waals surface area (Å²) in [5.74, 6) is 1.17. The molecule has 2 N–H and O–H groups in total. The average Bonchev–Trinajstić information content (AvgIpc) is 2.46. The van der Waals surface area contributed by atoms with Gasteiger partial charge in [0.1, 0.15) is 0 Å². The number of nitrogens with one attached hydrogen (secondary N) is 1. The zero-order valence-electron chi connectivity index (χ0n) is 16.2. The molecule has 0 saturated heterocycles. The Morgan fingerprint density at radius 1 is 1.00 bits per heavy atom. The average molecular weight is 452 g/mol. The van der Waals surface area contributed by atoms with Crippen LogP contribution in [0.25, 0.3) is 0 Å². The van der Waals surface area contributed by atoms with Crippen LogP contribution < -0.4 is 5.32 Å². The highest BCUT2D eigenvalue weighted by atomic mass is 33.7. The van der Waals surface area contributed by atoms with Crippen molar-refractivity contribution in [3.63, 3.8) is 0 Å². The van der Waals surface area contributed by atoms with Crippen molar-refractivity contribution in [1.29, 1.82) is 0 Å². The number of rotatable bonds is 12. The molecule has 11 heteroatoms. The second-order valence-corrected chi connectivity index (χ2v) is 15.9. The Bertz CT molecular complexity index is 318. The predicted molar refractivity (Wildman–Crippen MR) is 117 cm³/mol. The van der Waals surface area contributed by atoms with Gasteiger partial charge in [0.2, 0.25) is 0 Å². The second-order valence-electron chi connectivity index (χ2n) is 5.52. The smallest absolute Gasteiger partial charge is 0.465 e. The Labute approximate surface area is 168 Å². The highest BCUT2D eigenvalue weighted by Gasteiger charge is 2.43. The van der Waals surface area contributed by atoms with E-state index >= 15 is 0 Å². The van der Waals surface area contributed by atoms with E-state index in [0.29, 0.717) is 19.8 Å². The van der Waals surface area contributed by atoms with Crippen molar-refractivity contribution in [1.82, 2.24) is 5.32 Å². The van der Waals surface area contributed by atoms with E-state index in [-0.39, 0.29) is 5.54 Å². The van der Waals surface area contributed by atoms with Gasteiger partial charge >= 0.3 is 14.0 Å². The summed E-state index contributed by atoms with van der Waals surface area (Å²) in [4.78, 5) is 9.90. The zero-order chi connectivity index (χ0) is 19.8. The quantitative estimate of drug-likeness (QED) is 0.221. The molecule has 0 fully saturated rings. The van der Waals surface area contributed by atoms with Crippen molar-refractivity contribution >= 4 is 54.7 Å². The lowest BCUT2D eigenvalue weighted by Crippen LogP contribution is -2.42. The summed E-state index contributed by atoms with van der Waals surface area (Å²) in [5, 5.41) is 10.4. The van der Waals surface area contributed by atoms with E-state index in [1.165, 1.54) is 12.2 Å². The second kappa shape index (κ2) is 16.9. The van der Waals surface area contributed by atoms with Crippen LogP contribution in [0.1, 0.15) is 54.9 Å². The van der Waals surface area contributed by atoms with Crippen LogP contribution in [0.4, 0.5) is 4.79 Å². The Balaban J connectivity index is 0. The molecule has 0 unspecified atom stereocenters. The van der Waals surface area contributed by atoms with Crippen molar-refractivity contribution in [2.24, 2.45) is 0 Å². The molecule has 0 aromatic carbocycles. The molecule has 0 aromatic rings. The Morgan fingerprint density at radius 3 is 1.76 bits per heavy atom. The van der Waals surface area contributed by atoms with Crippen molar-refractivity contribution in [2.75, 3.05) is 25.6 Å². The molecule has 0 aliphatic rings. The van der Waals surface area contributed by atoms with E-state index in [1.807, 2.05) is 31.6 Å². The third-order valence-electron chi connectivity index (χ3n) is 1.94. The molecule has 0 radical (unpaired) electrons. The van der Waals surface area contributed by atoms with Crippen molar-refractivity contribution in [2.45, 2.75) is 60.4 Å². The van der Waals surface area contributed by atoms with Crippen LogP contribution in [0.15, 0.2) is 0 Å². The maximum atomic E-state index is 9.90. The number of hydrogen-bond acceptors (Lipinski definition) is 8. The lowest BCUT2D eigenvalue weighted by atomic mass is 10.1. The summed E-state index contributed by atoms with van der Waals surface area (Å²) in [6.45, 7) is 15.4. The third kappa shape index (κ3) is 19.3. The standard InChI is InChI=1S/C9H22O3S4Si.C5H11NO2/c1-5-9-13-14-15-16-17(10-6-2,11-7-3)12-8-4;1-5(2,3)6-4(7)8/h5-9H2,1-4H3;6H,1-3H3,(H,7,8). The first-order chi connectivity index (χ1) is 11.7. The van der Waals surface area contributed by atoms with E-state index in [2.05, 4.69) is 12.2 Å². The van der Waals surface area contributed by atoms with Crippen molar-refractivity contribution in [3.8, 4) is 0 Å². The monoisotopic (exact) mass is 451 g/mol. The van der Waals surface area contributed by atoms with Crippen LogP contribution in [-0.2, 0) is 13.3 Å². The van der Waals surface area contributed by atoms with Crippen molar-refractivity contribution in [3.05, 3.63) is 0 Å². The molecule has 0 aromatic heterocycles. The molecule has 0 heterocycles. The van der Waals surface area contributed by atoms with Gasteiger partial charge in [0, 0.05) is 31.1 Å². The van der Waals surface area contributed by atoms with Gasteiger partial charge in [-0.1, -0.05) is 17.7 Å². The SMILES string of the molecule is CC(C)(C)NC(=O)O.CCCSSSS[Si](OCC)(OCC)OCC. The van der Waals surface area contributed by atoms with Crippen molar-refractivity contribution < 1.29 is 23.2 Å². The molecular formula is C14H33NO5S4Si. The number of carboxylic acid groups (broad SMARTS) is 1. The van der Waals surface area contributed by atoms with Crippen LogP contribution in [0.3, 0.4) is 0 Å². The molecule has 0 atom stereocenters. The lowest BCUT2D eigenvalue weighted by Gasteiger charge is -2.25. The van der Waals surface area contributed by atoms with Gasteiger partial charge in [-0.25, -0.2) is 4.79 Å². The molecule has 0 aliphatic heterocycles. The third-order valence-corrected chi connectivity index (χ3v) is 14.9. The summed E-state index contributed by atoms with van der Waals surface area (Å²) in [5.41, 5.74) is -0.328. The van der Waals surface area contributed by atoms with E-state index in [4.69, 9.17) is 18.4 Å². The van der Waals surface area contributed by atoms with Gasteiger partial charge in [-0.3, -0.25) is 0 Å². The maximum Gasteiger partial charge on any atom is 0.585 e. The van der Waals surface area contributed by atoms with Crippen LogP contribution in [0, 0.1) is 0 Å². The molecule has 0 saturated carbocycles. The topological polar surface area (TPSA) is 77.0 Å². The first-order valence-electron chi connectivity index (χ1n) is 8.23. The van der Waals surface area contributed by atoms with E-state index < -0.39 is 14.0 Å². The fraction of sp³-hybridized carbons (Fsp3) is 0.929. The van der Waals surface area contributed by atoms with Crippen LogP contribution in [0.5, 0.6) is 0 Å². The minimum Gasteiger partial charge on any atom is -0.465 e. The number of hydrogen-bond donors (Lipinski definition) is 2. The summed E-state index contributed by atoms with van der Waals surface area (Å²) in [6, 6.07) is 0. The van der Waals surface area contributed by atoms with E-state index in [9.17, 15) is 4.79 Å². The largest absolute Gasteiger partial charge is 0.585 e. The first-order valence-corrected chi connectivity index (χ1v) is 15.7. The highest BCUT2D eigenvalue weighted by molar-refractivity contribution is 9.28. The Morgan fingerprint density at radius 2 is 1.48 bits per heavy atom. The van der Waals surface area contributed by atoms with Gasteiger partial charge in [-0.05, 0) is 77.9 Å². The van der Waals surface area contributed by atoms with Gasteiger partial charge < -0.3 is 23.7 Å².